The van der Waals surface area contributed by atoms with E-state index in [2.05, 4.69) is 37.4 Å². The summed E-state index contributed by atoms with van der Waals surface area (Å²) in [7, 11) is 0. The second-order valence-electron chi connectivity index (χ2n) is 4.91. The van der Waals surface area contributed by atoms with Crippen molar-refractivity contribution in [2.45, 2.75) is 39.2 Å². The molecule has 0 spiro atoms. The lowest BCUT2D eigenvalue weighted by molar-refractivity contribution is 0.342. The van der Waals surface area contributed by atoms with Crippen LogP contribution in [-0.4, -0.2) is 24.7 Å². The van der Waals surface area contributed by atoms with E-state index in [0.29, 0.717) is 6.04 Å². The maximum Gasteiger partial charge on any atom is 0.119 e. The zero-order chi connectivity index (χ0) is 13.5. The van der Waals surface area contributed by atoms with Gasteiger partial charge in [-0.15, -0.1) is 0 Å². The summed E-state index contributed by atoms with van der Waals surface area (Å²) in [6.07, 6.45) is 3.73. The van der Waals surface area contributed by atoms with E-state index in [9.17, 15) is 0 Å². The highest BCUT2D eigenvalue weighted by atomic mass is 32.2. The Balaban J connectivity index is 1.98. The van der Waals surface area contributed by atoms with Gasteiger partial charge in [0.1, 0.15) is 5.75 Å². The zero-order valence-corrected chi connectivity index (χ0v) is 12.9. The van der Waals surface area contributed by atoms with Gasteiger partial charge < -0.3 is 10.1 Å². The molecule has 19 heavy (non-hydrogen) atoms. The SMILES string of the molecule is CCNC1CCCc2cc(OCCSCC)ccc21. The molecule has 0 amide bonds. The minimum absolute atomic E-state index is 0.540. The van der Waals surface area contributed by atoms with Gasteiger partial charge >= 0.3 is 0 Å². The van der Waals surface area contributed by atoms with E-state index in [0.717, 1.165) is 30.4 Å². The van der Waals surface area contributed by atoms with E-state index in [1.807, 2.05) is 11.8 Å². The molecule has 3 heteroatoms. The van der Waals surface area contributed by atoms with Gasteiger partial charge in [-0.25, -0.2) is 0 Å². The molecule has 0 saturated heterocycles. The van der Waals surface area contributed by atoms with Gasteiger partial charge in [-0.1, -0.05) is 19.9 Å². The van der Waals surface area contributed by atoms with Gasteiger partial charge in [0.15, 0.2) is 0 Å². The van der Waals surface area contributed by atoms with Crippen LogP contribution in [0.4, 0.5) is 0 Å². The summed E-state index contributed by atoms with van der Waals surface area (Å²) in [4.78, 5) is 0. The predicted octanol–water partition coefficient (Wildman–Crippen LogP) is 3.81. The lowest BCUT2D eigenvalue weighted by atomic mass is 9.87. The van der Waals surface area contributed by atoms with Gasteiger partial charge in [-0.3, -0.25) is 0 Å². The Morgan fingerprint density at radius 1 is 1.37 bits per heavy atom. The van der Waals surface area contributed by atoms with Crippen molar-refractivity contribution >= 4 is 11.8 Å². The lowest BCUT2D eigenvalue weighted by Gasteiger charge is -2.26. The molecule has 0 aliphatic heterocycles. The molecule has 106 valence electrons. The topological polar surface area (TPSA) is 21.3 Å². The minimum atomic E-state index is 0.540. The third kappa shape index (κ3) is 4.15. The maximum atomic E-state index is 5.83. The number of hydrogen-bond donors (Lipinski definition) is 1. The molecule has 2 nitrogen and oxygen atoms in total. The van der Waals surface area contributed by atoms with Gasteiger partial charge in [-0.05, 0) is 54.8 Å². The van der Waals surface area contributed by atoms with E-state index in [4.69, 9.17) is 4.74 Å². The highest BCUT2D eigenvalue weighted by molar-refractivity contribution is 7.99. The second kappa shape index (κ2) is 7.81. The quantitative estimate of drug-likeness (QED) is 0.767. The molecule has 1 aromatic carbocycles. The van der Waals surface area contributed by atoms with Crippen molar-refractivity contribution < 1.29 is 4.74 Å². The molecular formula is C16H25NOS. The normalized spacial score (nSPS) is 18.1. The van der Waals surface area contributed by atoms with Crippen molar-refractivity contribution in [3.63, 3.8) is 0 Å². The number of rotatable bonds is 7. The average Bonchev–Trinajstić information content (AvgIpc) is 2.44. The molecule has 1 N–H and O–H groups in total. The number of ether oxygens (including phenoxy) is 1. The van der Waals surface area contributed by atoms with E-state index in [1.54, 1.807) is 0 Å². The Labute approximate surface area is 121 Å². The van der Waals surface area contributed by atoms with Crippen molar-refractivity contribution in [2.75, 3.05) is 24.7 Å². The fourth-order valence-electron chi connectivity index (χ4n) is 2.70. The van der Waals surface area contributed by atoms with Gasteiger partial charge in [0.2, 0.25) is 0 Å². The second-order valence-corrected chi connectivity index (χ2v) is 6.30. The van der Waals surface area contributed by atoms with Crippen molar-refractivity contribution in [2.24, 2.45) is 0 Å². The number of thioether (sulfide) groups is 1. The highest BCUT2D eigenvalue weighted by Gasteiger charge is 2.19. The van der Waals surface area contributed by atoms with Crippen LogP contribution in [0.2, 0.25) is 0 Å². The Hall–Kier alpha value is -0.670. The monoisotopic (exact) mass is 279 g/mol. The van der Waals surface area contributed by atoms with Crippen LogP contribution in [0.5, 0.6) is 5.75 Å². The Bertz CT molecular complexity index is 394. The Morgan fingerprint density at radius 2 is 2.26 bits per heavy atom. The van der Waals surface area contributed by atoms with Crippen molar-refractivity contribution in [3.05, 3.63) is 29.3 Å². The summed E-state index contributed by atoms with van der Waals surface area (Å²) in [6.45, 7) is 6.21. The van der Waals surface area contributed by atoms with Crippen molar-refractivity contribution in [1.82, 2.24) is 5.32 Å². The summed E-state index contributed by atoms with van der Waals surface area (Å²) in [6, 6.07) is 7.17. The molecule has 0 aromatic heterocycles. The first-order valence-corrected chi connectivity index (χ1v) is 8.57. The summed E-state index contributed by atoms with van der Waals surface area (Å²) >= 11 is 1.93. The zero-order valence-electron chi connectivity index (χ0n) is 12.1. The summed E-state index contributed by atoms with van der Waals surface area (Å²) in [5, 5.41) is 3.58. The summed E-state index contributed by atoms with van der Waals surface area (Å²) in [5.74, 6) is 3.28. The largest absolute Gasteiger partial charge is 0.493 e. The number of aryl methyl sites for hydroxylation is 1. The van der Waals surface area contributed by atoms with Crippen LogP contribution in [0.1, 0.15) is 43.9 Å². The average molecular weight is 279 g/mol. The van der Waals surface area contributed by atoms with E-state index < -0.39 is 0 Å². The molecule has 0 saturated carbocycles. The van der Waals surface area contributed by atoms with Crippen LogP contribution in [-0.2, 0) is 6.42 Å². The maximum absolute atomic E-state index is 5.83. The Morgan fingerprint density at radius 3 is 3.05 bits per heavy atom. The van der Waals surface area contributed by atoms with Gasteiger partial charge in [0.05, 0.1) is 6.61 Å². The van der Waals surface area contributed by atoms with E-state index in [-0.39, 0.29) is 0 Å². The van der Waals surface area contributed by atoms with Crippen LogP contribution < -0.4 is 10.1 Å². The highest BCUT2D eigenvalue weighted by Crippen LogP contribution is 2.32. The van der Waals surface area contributed by atoms with Crippen LogP contribution in [0.15, 0.2) is 18.2 Å². The van der Waals surface area contributed by atoms with Gasteiger partial charge in [-0.2, -0.15) is 11.8 Å². The third-order valence-corrected chi connectivity index (χ3v) is 4.44. The van der Waals surface area contributed by atoms with Crippen molar-refractivity contribution in [1.29, 1.82) is 0 Å². The molecule has 1 atom stereocenters. The molecule has 1 unspecified atom stereocenters. The molecule has 2 rings (SSSR count). The fraction of sp³-hybridized carbons (Fsp3) is 0.625. The molecule has 0 radical (unpaired) electrons. The fourth-order valence-corrected chi connectivity index (χ4v) is 3.19. The third-order valence-electron chi connectivity index (χ3n) is 3.58. The predicted molar refractivity (Wildman–Crippen MR) is 84.3 cm³/mol. The first-order valence-electron chi connectivity index (χ1n) is 7.42. The summed E-state index contributed by atoms with van der Waals surface area (Å²) < 4.78 is 5.83. The van der Waals surface area contributed by atoms with Crippen LogP contribution >= 0.6 is 11.8 Å². The van der Waals surface area contributed by atoms with E-state index in [1.165, 1.54) is 30.4 Å². The Kier molecular flexibility index (Phi) is 6.05. The first-order chi connectivity index (χ1) is 9.35. The van der Waals surface area contributed by atoms with Gasteiger partial charge in [0, 0.05) is 11.8 Å². The van der Waals surface area contributed by atoms with E-state index >= 15 is 0 Å². The molecule has 1 aliphatic carbocycles. The smallest absolute Gasteiger partial charge is 0.119 e. The molecule has 1 aromatic rings. The van der Waals surface area contributed by atoms with Crippen molar-refractivity contribution in [3.8, 4) is 5.75 Å². The standard InChI is InChI=1S/C16H25NOS/c1-3-17-16-7-5-6-13-12-14(8-9-15(13)16)18-10-11-19-4-2/h8-9,12,16-17H,3-7,10-11H2,1-2H3. The first kappa shape index (κ1) is 14.7. The number of fused-ring (bicyclic) bond motifs is 1. The molecule has 0 heterocycles. The van der Waals surface area contributed by atoms with Gasteiger partial charge in [0.25, 0.3) is 0 Å². The number of benzene rings is 1. The number of hydrogen-bond acceptors (Lipinski definition) is 3. The number of nitrogens with one attached hydrogen (secondary N) is 1. The molecule has 0 bridgehead atoms. The lowest BCUT2D eigenvalue weighted by Crippen LogP contribution is -2.24. The van der Waals surface area contributed by atoms with Crippen LogP contribution in [0.3, 0.4) is 0 Å². The van der Waals surface area contributed by atoms with Crippen LogP contribution in [0.25, 0.3) is 0 Å². The molecule has 1 aliphatic rings. The minimum Gasteiger partial charge on any atom is -0.493 e. The molecule has 0 fully saturated rings. The van der Waals surface area contributed by atoms with Crippen LogP contribution in [0, 0.1) is 0 Å². The molecular weight excluding hydrogens is 254 g/mol. The summed E-state index contributed by atoms with van der Waals surface area (Å²) in [5.41, 5.74) is 2.95.